The Labute approximate surface area is 253 Å². The van der Waals surface area contributed by atoms with Gasteiger partial charge in [-0.25, -0.2) is 0 Å². The van der Waals surface area contributed by atoms with Gasteiger partial charge in [0.15, 0.2) is 0 Å². The number of alkyl halides is 6. The van der Waals surface area contributed by atoms with E-state index in [-0.39, 0.29) is 35.9 Å². The molecule has 0 radical (unpaired) electrons. The van der Waals surface area contributed by atoms with Crippen molar-refractivity contribution >= 4 is 17.7 Å². The Bertz CT molecular complexity index is 1340. The van der Waals surface area contributed by atoms with Gasteiger partial charge >= 0.3 is 12.4 Å². The minimum absolute atomic E-state index is 0.0321. The molecule has 0 bridgehead atoms. The number of likely N-dealkylation sites (tertiary alicyclic amines) is 2. The number of piperidine rings is 2. The predicted octanol–water partition coefficient (Wildman–Crippen LogP) is 6.14. The van der Waals surface area contributed by atoms with E-state index >= 15 is 0 Å². The zero-order chi connectivity index (χ0) is 32.4. The SMILES string of the molecule is CCc1ccccc1C1CN(C(=O)C2CCN(C(C)=O)CC2)CCC1C(=O)N(C)Cc1cc(C(F)(F)F)cc(C(F)(F)F)c1. The molecule has 2 aromatic rings. The molecule has 2 aromatic carbocycles. The molecule has 0 saturated carbocycles. The normalized spacial score (nSPS) is 20.0. The van der Waals surface area contributed by atoms with Crippen molar-refractivity contribution in [3.8, 4) is 0 Å². The summed E-state index contributed by atoms with van der Waals surface area (Å²) in [5.41, 5.74) is -1.26. The monoisotopic (exact) mass is 625 g/mol. The summed E-state index contributed by atoms with van der Waals surface area (Å²) >= 11 is 0. The van der Waals surface area contributed by atoms with E-state index in [0.29, 0.717) is 57.5 Å². The number of halogens is 6. The maximum atomic E-state index is 13.9. The minimum atomic E-state index is -4.99. The number of amides is 3. The van der Waals surface area contributed by atoms with Crippen LogP contribution >= 0.6 is 0 Å². The first-order valence-corrected chi connectivity index (χ1v) is 14.8. The zero-order valence-electron chi connectivity index (χ0n) is 25.0. The van der Waals surface area contributed by atoms with Gasteiger partial charge in [-0.1, -0.05) is 31.2 Å². The number of rotatable bonds is 6. The van der Waals surface area contributed by atoms with Crippen LogP contribution in [0, 0.1) is 11.8 Å². The van der Waals surface area contributed by atoms with E-state index in [1.807, 2.05) is 31.2 Å². The summed E-state index contributed by atoms with van der Waals surface area (Å²) < 4.78 is 80.6. The quantitative estimate of drug-likeness (QED) is 0.363. The molecule has 4 rings (SSSR count). The molecule has 2 atom stereocenters. The molecule has 44 heavy (non-hydrogen) atoms. The van der Waals surface area contributed by atoms with Gasteiger partial charge in [0.25, 0.3) is 0 Å². The summed E-state index contributed by atoms with van der Waals surface area (Å²) in [4.78, 5) is 43.8. The molecule has 2 heterocycles. The van der Waals surface area contributed by atoms with Crippen LogP contribution in [-0.2, 0) is 39.7 Å². The summed E-state index contributed by atoms with van der Waals surface area (Å²) in [6.45, 7) is 4.58. The van der Waals surface area contributed by atoms with Gasteiger partial charge in [-0.3, -0.25) is 14.4 Å². The van der Waals surface area contributed by atoms with Gasteiger partial charge in [-0.15, -0.1) is 0 Å². The summed E-state index contributed by atoms with van der Waals surface area (Å²) in [5.74, 6) is -1.77. The van der Waals surface area contributed by atoms with E-state index in [1.54, 1.807) is 9.80 Å². The molecule has 6 nitrogen and oxygen atoms in total. The van der Waals surface area contributed by atoms with Gasteiger partial charge in [-0.05, 0) is 60.6 Å². The molecular weight excluding hydrogens is 588 g/mol. The Morgan fingerprint density at radius 2 is 1.43 bits per heavy atom. The van der Waals surface area contributed by atoms with E-state index in [9.17, 15) is 40.7 Å². The highest BCUT2D eigenvalue weighted by molar-refractivity contribution is 5.82. The summed E-state index contributed by atoms with van der Waals surface area (Å²) in [7, 11) is 1.37. The second kappa shape index (κ2) is 13.2. The molecular formula is C32H37F6N3O3. The molecule has 0 spiro atoms. The van der Waals surface area contributed by atoms with E-state index < -0.39 is 47.8 Å². The summed E-state index contributed by atoms with van der Waals surface area (Å²) in [6.07, 6.45) is -7.92. The van der Waals surface area contributed by atoms with Crippen LogP contribution in [0.2, 0.25) is 0 Å². The first kappa shape index (κ1) is 33.3. The van der Waals surface area contributed by atoms with Crippen molar-refractivity contribution in [2.75, 3.05) is 33.2 Å². The van der Waals surface area contributed by atoms with Crippen molar-refractivity contribution in [2.24, 2.45) is 11.8 Å². The molecule has 0 aliphatic carbocycles. The fourth-order valence-electron chi connectivity index (χ4n) is 6.43. The number of hydrogen-bond donors (Lipinski definition) is 0. The molecule has 2 fully saturated rings. The molecule has 12 heteroatoms. The standard InChI is InChI=1S/C32H37F6N3O3/c1-4-22-7-5-6-8-26(22)28-19-41(29(43)23-9-12-40(13-10-23)20(2)42)14-11-27(28)30(44)39(3)18-21-15-24(31(33,34)35)17-25(16-21)32(36,37)38/h5-8,15-17,23,27-28H,4,9-14,18-19H2,1-3H3. The fraction of sp³-hybridized carbons (Fsp3) is 0.531. The van der Waals surface area contributed by atoms with E-state index in [1.165, 1.54) is 18.9 Å². The number of aryl methyl sites for hydroxylation is 1. The fourth-order valence-corrected chi connectivity index (χ4v) is 6.43. The summed E-state index contributed by atoms with van der Waals surface area (Å²) in [6, 6.07) is 8.93. The Morgan fingerprint density at radius 1 is 0.864 bits per heavy atom. The van der Waals surface area contributed by atoms with E-state index in [4.69, 9.17) is 0 Å². The third kappa shape index (κ3) is 7.55. The maximum absolute atomic E-state index is 13.9. The van der Waals surface area contributed by atoms with Gasteiger partial charge in [0.2, 0.25) is 17.7 Å². The molecule has 240 valence electrons. The van der Waals surface area contributed by atoms with Crippen LogP contribution in [0.5, 0.6) is 0 Å². The molecule has 0 N–H and O–H groups in total. The van der Waals surface area contributed by atoms with Crippen LogP contribution in [-0.4, -0.2) is 65.6 Å². The average molecular weight is 626 g/mol. The van der Waals surface area contributed by atoms with Crippen LogP contribution in [0.4, 0.5) is 26.3 Å². The Morgan fingerprint density at radius 3 is 1.98 bits per heavy atom. The van der Waals surface area contributed by atoms with E-state index in [0.717, 1.165) is 11.1 Å². The number of nitrogens with zero attached hydrogens (tertiary/aromatic N) is 3. The zero-order valence-corrected chi connectivity index (χ0v) is 25.0. The lowest BCUT2D eigenvalue weighted by atomic mass is 9.77. The van der Waals surface area contributed by atoms with Crippen LogP contribution in [0.1, 0.15) is 66.8 Å². The van der Waals surface area contributed by atoms with Crippen LogP contribution in [0.3, 0.4) is 0 Å². The summed E-state index contributed by atoms with van der Waals surface area (Å²) in [5, 5.41) is 0. The number of benzene rings is 2. The molecule has 3 amide bonds. The molecule has 0 aromatic heterocycles. The third-order valence-electron chi connectivity index (χ3n) is 8.81. The average Bonchev–Trinajstić information content (AvgIpc) is 2.99. The number of carbonyl (C=O) groups is 3. The minimum Gasteiger partial charge on any atom is -0.343 e. The first-order valence-electron chi connectivity index (χ1n) is 14.8. The van der Waals surface area contributed by atoms with Crippen molar-refractivity contribution in [1.29, 1.82) is 0 Å². The van der Waals surface area contributed by atoms with Crippen LogP contribution in [0.25, 0.3) is 0 Å². The second-order valence-electron chi connectivity index (χ2n) is 11.7. The van der Waals surface area contributed by atoms with Gasteiger partial charge in [-0.2, -0.15) is 26.3 Å². The van der Waals surface area contributed by atoms with E-state index in [2.05, 4.69) is 0 Å². The van der Waals surface area contributed by atoms with Gasteiger partial charge in [0, 0.05) is 64.4 Å². The van der Waals surface area contributed by atoms with Crippen molar-refractivity contribution in [3.63, 3.8) is 0 Å². The molecule has 2 saturated heterocycles. The highest BCUT2D eigenvalue weighted by atomic mass is 19.4. The van der Waals surface area contributed by atoms with Gasteiger partial charge < -0.3 is 14.7 Å². The predicted molar refractivity (Wildman–Crippen MR) is 151 cm³/mol. The highest BCUT2D eigenvalue weighted by Gasteiger charge is 2.41. The smallest absolute Gasteiger partial charge is 0.343 e. The first-order chi connectivity index (χ1) is 20.6. The number of hydrogen-bond acceptors (Lipinski definition) is 3. The third-order valence-corrected chi connectivity index (χ3v) is 8.81. The van der Waals surface area contributed by atoms with Crippen molar-refractivity contribution < 1.29 is 40.7 Å². The van der Waals surface area contributed by atoms with Crippen LogP contribution in [0.15, 0.2) is 42.5 Å². The Hall–Kier alpha value is -3.57. The van der Waals surface area contributed by atoms with Gasteiger partial charge in [0.05, 0.1) is 11.1 Å². The van der Waals surface area contributed by atoms with Crippen molar-refractivity contribution in [1.82, 2.24) is 14.7 Å². The van der Waals surface area contributed by atoms with Crippen LogP contribution < -0.4 is 0 Å². The lowest BCUT2D eigenvalue weighted by molar-refractivity contribution is -0.145. The largest absolute Gasteiger partial charge is 0.416 e. The lowest BCUT2D eigenvalue weighted by Gasteiger charge is -2.42. The molecule has 2 aliphatic heterocycles. The highest BCUT2D eigenvalue weighted by Crippen LogP contribution is 2.39. The topological polar surface area (TPSA) is 60.9 Å². The van der Waals surface area contributed by atoms with Gasteiger partial charge in [0.1, 0.15) is 0 Å². The Balaban J connectivity index is 1.58. The Kier molecular flexibility index (Phi) is 9.99. The second-order valence-corrected chi connectivity index (χ2v) is 11.7. The molecule has 2 unspecified atom stereocenters. The number of carbonyl (C=O) groups excluding carboxylic acids is 3. The maximum Gasteiger partial charge on any atom is 0.416 e. The lowest BCUT2D eigenvalue weighted by Crippen LogP contribution is -2.50. The van der Waals surface area contributed by atoms with Crippen molar-refractivity contribution in [3.05, 3.63) is 70.3 Å². The molecule has 2 aliphatic rings. The van der Waals surface area contributed by atoms with Crippen molar-refractivity contribution in [2.45, 2.75) is 64.3 Å².